The molecule has 2 rings (SSSR count). The van der Waals surface area contributed by atoms with Crippen LogP contribution in [0.2, 0.25) is 10.0 Å². The van der Waals surface area contributed by atoms with Gasteiger partial charge < -0.3 is 15.8 Å². The molecule has 0 aliphatic heterocycles. The number of hydrogen-bond acceptors (Lipinski definition) is 3. The first-order valence-electron chi connectivity index (χ1n) is 6.24. The fraction of sp³-hybridized carbons (Fsp3) is 0.133. The topological polar surface area (TPSA) is 64.3 Å². The molecule has 0 aliphatic carbocycles. The van der Waals surface area contributed by atoms with Gasteiger partial charge in [0, 0.05) is 5.02 Å². The minimum absolute atomic E-state index is 0.320. The number of nitrogen functional groups attached to an aromatic ring is 1. The fourth-order valence-electron chi connectivity index (χ4n) is 1.66. The first-order chi connectivity index (χ1) is 9.97. The Bertz CT molecular complexity index is 662. The van der Waals surface area contributed by atoms with Crippen molar-refractivity contribution < 1.29 is 9.53 Å². The number of hydrogen-bond donors (Lipinski definition) is 2. The van der Waals surface area contributed by atoms with Gasteiger partial charge in [0.15, 0.2) is 6.10 Å². The molecule has 110 valence electrons. The highest BCUT2D eigenvalue weighted by atomic mass is 35.5. The van der Waals surface area contributed by atoms with Gasteiger partial charge in [0.2, 0.25) is 0 Å². The zero-order chi connectivity index (χ0) is 15.4. The van der Waals surface area contributed by atoms with Gasteiger partial charge in [-0.1, -0.05) is 35.3 Å². The van der Waals surface area contributed by atoms with Crippen LogP contribution < -0.4 is 15.8 Å². The van der Waals surface area contributed by atoms with Crippen LogP contribution in [0.3, 0.4) is 0 Å². The molecule has 0 aliphatic rings. The second kappa shape index (κ2) is 6.70. The van der Waals surface area contributed by atoms with E-state index in [2.05, 4.69) is 5.32 Å². The summed E-state index contributed by atoms with van der Waals surface area (Å²) in [6.07, 6.45) is -0.733. The molecule has 6 heteroatoms. The smallest absolute Gasteiger partial charge is 0.265 e. The first kappa shape index (κ1) is 15.5. The minimum atomic E-state index is -0.733. The lowest BCUT2D eigenvalue weighted by Crippen LogP contribution is -2.30. The van der Waals surface area contributed by atoms with E-state index in [-0.39, 0.29) is 5.91 Å². The molecule has 1 atom stereocenters. The molecule has 3 N–H and O–H groups in total. The predicted molar refractivity (Wildman–Crippen MR) is 86.0 cm³/mol. The van der Waals surface area contributed by atoms with E-state index in [1.165, 1.54) is 0 Å². The Morgan fingerprint density at radius 1 is 1.24 bits per heavy atom. The molecule has 0 unspecified atom stereocenters. The molecule has 21 heavy (non-hydrogen) atoms. The van der Waals surface area contributed by atoms with Crippen molar-refractivity contribution in [1.82, 2.24) is 0 Å². The lowest BCUT2D eigenvalue weighted by atomic mass is 10.2. The highest BCUT2D eigenvalue weighted by Gasteiger charge is 2.17. The number of benzene rings is 2. The van der Waals surface area contributed by atoms with Gasteiger partial charge in [-0.05, 0) is 37.3 Å². The van der Waals surface area contributed by atoms with Crippen LogP contribution in [0.15, 0.2) is 42.5 Å². The molecule has 0 heterocycles. The molecule has 2 aromatic carbocycles. The van der Waals surface area contributed by atoms with Crippen molar-refractivity contribution in [3.05, 3.63) is 52.5 Å². The quantitative estimate of drug-likeness (QED) is 0.836. The molecule has 0 radical (unpaired) electrons. The largest absolute Gasteiger partial charge is 0.479 e. The molecule has 1 amide bonds. The van der Waals surface area contributed by atoms with E-state index < -0.39 is 6.10 Å². The van der Waals surface area contributed by atoms with Gasteiger partial charge in [0.05, 0.1) is 16.4 Å². The zero-order valence-corrected chi connectivity index (χ0v) is 12.8. The third-order valence-electron chi connectivity index (χ3n) is 2.79. The Kier molecular flexibility index (Phi) is 4.94. The van der Waals surface area contributed by atoms with Crippen molar-refractivity contribution in [2.24, 2.45) is 0 Å². The summed E-state index contributed by atoms with van der Waals surface area (Å²) < 4.78 is 5.53. The summed E-state index contributed by atoms with van der Waals surface area (Å²) in [4.78, 5) is 12.1. The average Bonchev–Trinajstić information content (AvgIpc) is 2.44. The molecule has 0 spiro atoms. The average molecular weight is 325 g/mol. The maximum atomic E-state index is 12.1. The van der Waals surface area contributed by atoms with E-state index in [4.69, 9.17) is 33.7 Å². The van der Waals surface area contributed by atoms with Gasteiger partial charge in [-0.2, -0.15) is 0 Å². The summed E-state index contributed by atoms with van der Waals surface area (Å²) >= 11 is 11.8. The van der Waals surface area contributed by atoms with Gasteiger partial charge in [0.25, 0.3) is 5.91 Å². The summed E-state index contributed by atoms with van der Waals surface area (Å²) in [6, 6.07) is 11.8. The minimum Gasteiger partial charge on any atom is -0.479 e. The number of rotatable bonds is 4. The molecule has 2 aromatic rings. The van der Waals surface area contributed by atoms with Gasteiger partial charge in [-0.25, -0.2) is 0 Å². The monoisotopic (exact) mass is 324 g/mol. The van der Waals surface area contributed by atoms with Crippen molar-refractivity contribution in [2.45, 2.75) is 13.0 Å². The van der Waals surface area contributed by atoms with Crippen LogP contribution in [0.5, 0.6) is 5.75 Å². The third-order valence-corrected chi connectivity index (χ3v) is 3.32. The van der Waals surface area contributed by atoms with E-state index in [0.29, 0.717) is 27.2 Å². The maximum absolute atomic E-state index is 12.1. The number of amides is 1. The molecule has 0 aromatic heterocycles. The number of carbonyl (C=O) groups is 1. The van der Waals surface area contributed by atoms with Crippen molar-refractivity contribution in [1.29, 1.82) is 0 Å². The fourth-order valence-corrected chi connectivity index (χ4v) is 2.11. The molecule has 0 bridgehead atoms. The van der Waals surface area contributed by atoms with E-state index in [1.807, 2.05) is 0 Å². The van der Waals surface area contributed by atoms with Crippen LogP contribution in [0.1, 0.15) is 6.92 Å². The number of carbonyl (C=O) groups excluding carboxylic acids is 1. The van der Waals surface area contributed by atoms with Crippen LogP contribution in [0.4, 0.5) is 11.4 Å². The number of ether oxygens (including phenoxy) is 1. The Hall–Kier alpha value is -1.91. The van der Waals surface area contributed by atoms with Gasteiger partial charge in [-0.15, -0.1) is 0 Å². The van der Waals surface area contributed by atoms with Crippen LogP contribution in [-0.4, -0.2) is 12.0 Å². The number of nitrogens with two attached hydrogens (primary N) is 1. The zero-order valence-electron chi connectivity index (χ0n) is 11.3. The standard InChI is InChI=1S/C15H14Cl2N2O2/c1-9(21-14-7-6-10(16)8-11(14)17)15(20)19-13-5-3-2-4-12(13)18/h2-9H,18H2,1H3,(H,19,20)/t9-/m1/s1. The second-order valence-corrected chi connectivity index (χ2v) is 5.25. The molecule has 4 nitrogen and oxygen atoms in total. The summed E-state index contributed by atoms with van der Waals surface area (Å²) in [5.41, 5.74) is 6.80. The lowest BCUT2D eigenvalue weighted by Gasteiger charge is -2.16. The Morgan fingerprint density at radius 3 is 2.62 bits per heavy atom. The van der Waals surface area contributed by atoms with Crippen LogP contribution >= 0.6 is 23.2 Å². The van der Waals surface area contributed by atoms with E-state index >= 15 is 0 Å². The Labute approximate surface area is 132 Å². The van der Waals surface area contributed by atoms with Crippen molar-refractivity contribution in [3.63, 3.8) is 0 Å². The molecular formula is C15H14Cl2N2O2. The maximum Gasteiger partial charge on any atom is 0.265 e. The molecule has 0 fully saturated rings. The number of nitrogens with one attached hydrogen (secondary N) is 1. The third kappa shape index (κ3) is 4.03. The summed E-state index contributed by atoms with van der Waals surface area (Å²) in [7, 11) is 0. The lowest BCUT2D eigenvalue weighted by molar-refractivity contribution is -0.122. The highest BCUT2D eigenvalue weighted by molar-refractivity contribution is 6.35. The molecule has 0 saturated heterocycles. The van der Waals surface area contributed by atoms with Gasteiger partial charge in [-0.3, -0.25) is 4.79 Å². The number of para-hydroxylation sites is 2. The Morgan fingerprint density at radius 2 is 1.95 bits per heavy atom. The van der Waals surface area contributed by atoms with Gasteiger partial charge in [0.1, 0.15) is 5.75 Å². The number of halogens is 2. The summed E-state index contributed by atoms with van der Waals surface area (Å²) in [5.74, 6) is 0.0728. The van der Waals surface area contributed by atoms with E-state index in [9.17, 15) is 4.79 Å². The van der Waals surface area contributed by atoms with Crippen LogP contribution in [0.25, 0.3) is 0 Å². The van der Waals surface area contributed by atoms with Crippen LogP contribution in [-0.2, 0) is 4.79 Å². The predicted octanol–water partition coefficient (Wildman–Crippen LogP) is 3.98. The normalized spacial score (nSPS) is 11.8. The van der Waals surface area contributed by atoms with E-state index in [1.54, 1.807) is 49.4 Å². The van der Waals surface area contributed by atoms with E-state index in [0.717, 1.165) is 0 Å². The molecular weight excluding hydrogens is 311 g/mol. The van der Waals surface area contributed by atoms with Crippen molar-refractivity contribution in [2.75, 3.05) is 11.1 Å². The van der Waals surface area contributed by atoms with Crippen molar-refractivity contribution in [3.8, 4) is 5.75 Å². The first-order valence-corrected chi connectivity index (χ1v) is 7.00. The Balaban J connectivity index is 2.04. The van der Waals surface area contributed by atoms with Crippen molar-refractivity contribution >= 4 is 40.5 Å². The summed E-state index contributed by atoms with van der Waals surface area (Å²) in [6.45, 7) is 1.62. The SMILES string of the molecule is C[C@@H](Oc1ccc(Cl)cc1Cl)C(=O)Nc1ccccc1N. The van der Waals surface area contributed by atoms with Gasteiger partial charge >= 0.3 is 0 Å². The highest BCUT2D eigenvalue weighted by Crippen LogP contribution is 2.28. The second-order valence-electron chi connectivity index (χ2n) is 4.41. The summed E-state index contributed by atoms with van der Waals surface area (Å²) in [5, 5.41) is 3.55. The van der Waals surface area contributed by atoms with Crippen LogP contribution in [0, 0.1) is 0 Å². The number of anilines is 2. The molecule has 0 saturated carbocycles.